The molecule has 3 aliphatic carbocycles. The van der Waals surface area contributed by atoms with E-state index in [0.717, 1.165) is 42.2 Å². The molecular weight excluding hydrogens is 346 g/mol. The summed E-state index contributed by atoms with van der Waals surface area (Å²) in [5.41, 5.74) is 1.76. The summed E-state index contributed by atoms with van der Waals surface area (Å²) in [5.74, 6) is 1.94. The van der Waals surface area contributed by atoms with Crippen LogP contribution in [0.5, 0.6) is 0 Å². The van der Waals surface area contributed by atoms with E-state index in [-0.39, 0.29) is 17.8 Å². The van der Waals surface area contributed by atoms with Crippen LogP contribution in [0.1, 0.15) is 73.2 Å². The van der Waals surface area contributed by atoms with Crippen LogP contribution in [0.15, 0.2) is 0 Å². The van der Waals surface area contributed by atoms with Crippen LogP contribution < -0.4 is 5.32 Å². The second-order valence-corrected chi connectivity index (χ2v) is 9.32. The van der Waals surface area contributed by atoms with Crippen molar-refractivity contribution in [1.29, 1.82) is 0 Å². The maximum Gasteiger partial charge on any atom is 0.341 e. The Kier molecular flexibility index (Phi) is 5.09. The number of fused-ring (bicyclic) bond motifs is 3. The molecule has 142 valence electrons. The van der Waals surface area contributed by atoms with Crippen molar-refractivity contribution >= 4 is 28.2 Å². The fraction of sp³-hybridized carbons (Fsp3) is 0.714. The molecule has 0 spiro atoms. The molecule has 0 saturated heterocycles. The molecule has 2 saturated carbocycles. The predicted molar refractivity (Wildman–Crippen MR) is 104 cm³/mol. The summed E-state index contributed by atoms with van der Waals surface area (Å²) in [6, 6.07) is 0. The highest BCUT2D eigenvalue weighted by atomic mass is 32.1. The topological polar surface area (TPSA) is 55.4 Å². The lowest BCUT2D eigenvalue weighted by molar-refractivity contribution is -0.121. The molecule has 1 N–H and O–H groups in total. The van der Waals surface area contributed by atoms with Crippen LogP contribution in [0.25, 0.3) is 0 Å². The minimum Gasteiger partial charge on any atom is -0.462 e. The SMILES string of the molecule is CCOC(=O)c1c(NC(=O)[C@H]2C[C@H]3CC[C@H]2C3)sc2c1CC[C@H](CC)C2. The van der Waals surface area contributed by atoms with Gasteiger partial charge in [-0.25, -0.2) is 4.79 Å². The maximum atomic E-state index is 12.9. The Balaban J connectivity index is 1.59. The molecule has 0 aromatic carbocycles. The summed E-state index contributed by atoms with van der Waals surface area (Å²) in [4.78, 5) is 26.8. The number of esters is 1. The zero-order chi connectivity index (χ0) is 18.3. The zero-order valence-corrected chi connectivity index (χ0v) is 16.6. The standard InChI is InChI=1S/C21H29NO3S/c1-3-12-6-8-15-17(11-12)26-20(18(15)21(24)25-4-2)22-19(23)16-10-13-5-7-14(16)9-13/h12-14,16H,3-11H2,1-2H3,(H,22,23)/t12-,13-,14-,16-/m0/s1. The van der Waals surface area contributed by atoms with Gasteiger partial charge in [-0.15, -0.1) is 11.3 Å². The second-order valence-electron chi connectivity index (χ2n) is 8.22. The van der Waals surface area contributed by atoms with E-state index in [4.69, 9.17) is 4.74 Å². The highest BCUT2D eigenvalue weighted by Crippen LogP contribution is 2.49. The number of ether oxygens (including phenoxy) is 1. The van der Waals surface area contributed by atoms with Crippen molar-refractivity contribution in [2.75, 3.05) is 11.9 Å². The molecule has 4 nitrogen and oxygen atoms in total. The normalized spacial score (nSPS) is 29.5. The monoisotopic (exact) mass is 375 g/mol. The maximum absolute atomic E-state index is 12.9. The molecule has 2 bridgehead atoms. The minimum absolute atomic E-state index is 0.119. The fourth-order valence-electron chi connectivity index (χ4n) is 5.28. The summed E-state index contributed by atoms with van der Waals surface area (Å²) in [6.45, 7) is 4.42. The van der Waals surface area contributed by atoms with E-state index < -0.39 is 0 Å². The average Bonchev–Trinajstić information content (AvgIpc) is 3.34. The Morgan fingerprint density at radius 1 is 1.19 bits per heavy atom. The van der Waals surface area contributed by atoms with E-state index in [9.17, 15) is 9.59 Å². The van der Waals surface area contributed by atoms with Gasteiger partial charge >= 0.3 is 5.97 Å². The van der Waals surface area contributed by atoms with Gasteiger partial charge in [0.15, 0.2) is 0 Å². The first-order chi connectivity index (χ1) is 12.6. The molecule has 0 radical (unpaired) electrons. The molecule has 0 aliphatic heterocycles. The number of rotatable bonds is 5. The molecular formula is C21H29NO3S. The number of amides is 1. The van der Waals surface area contributed by atoms with Gasteiger partial charge in [0.2, 0.25) is 5.91 Å². The van der Waals surface area contributed by atoms with Crippen molar-refractivity contribution in [2.24, 2.45) is 23.7 Å². The van der Waals surface area contributed by atoms with E-state index in [2.05, 4.69) is 12.2 Å². The van der Waals surface area contributed by atoms with Gasteiger partial charge in [-0.1, -0.05) is 19.8 Å². The first kappa shape index (κ1) is 18.0. The van der Waals surface area contributed by atoms with E-state index in [1.54, 1.807) is 11.3 Å². The fourth-order valence-corrected chi connectivity index (χ4v) is 6.63. The van der Waals surface area contributed by atoms with Crippen molar-refractivity contribution < 1.29 is 14.3 Å². The van der Waals surface area contributed by atoms with E-state index in [1.807, 2.05) is 6.92 Å². The largest absolute Gasteiger partial charge is 0.462 e. The zero-order valence-electron chi connectivity index (χ0n) is 15.8. The Labute approximate surface area is 159 Å². The number of carbonyl (C=O) groups is 2. The number of anilines is 1. The molecule has 2 fully saturated rings. The number of hydrogen-bond acceptors (Lipinski definition) is 4. The van der Waals surface area contributed by atoms with Crippen LogP contribution in [-0.2, 0) is 22.4 Å². The Morgan fingerprint density at radius 2 is 2.04 bits per heavy atom. The highest BCUT2D eigenvalue weighted by molar-refractivity contribution is 7.17. The molecule has 1 amide bonds. The first-order valence-electron chi connectivity index (χ1n) is 10.2. The van der Waals surface area contributed by atoms with E-state index in [1.165, 1.54) is 30.6 Å². The van der Waals surface area contributed by atoms with Gasteiger partial charge < -0.3 is 10.1 Å². The summed E-state index contributed by atoms with van der Waals surface area (Å²) in [6.07, 6.45) is 8.93. The summed E-state index contributed by atoms with van der Waals surface area (Å²) >= 11 is 1.61. The molecule has 5 heteroatoms. The van der Waals surface area contributed by atoms with Crippen LogP contribution in [0.4, 0.5) is 5.00 Å². The third-order valence-electron chi connectivity index (χ3n) is 6.74. The van der Waals surface area contributed by atoms with Crippen molar-refractivity contribution in [3.63, 3.8) is 0 Å². The van der Waals surface area contributed by atoms with Crippen molar-refractivity contribution in [2.45, 2.75) is 65.2 Å². The lowest BCUT2D eigenvalue weighted by Crippen LogP contribution is -2.27. The summed E-state index contributed by atoms with van der Waals surface area (Å²) < 4.78 is 5.32. The van der Waals surface area contributed by atoms with Crippen LogP contribution >= 0.6 is 11.3 Å². The number of hydrogen-bond donors (Lipinski definition) is 1. The van der Waals surface area contributed by atoms with Crippen molar-refractivity contribution in [3.05, 3.63) is 16.0 Å². The summed E-state index contributed by atoms with van der Waals surface area (Å²) in [5, 5.41) is 3.88. The van der Waals surface area contributed by atoms with E-state index in [0.29, 0.717) is 24.0 Å². The van der Waals surface area contributed by atoms with Crippen LogP contribution in [0.3, 0.4) is 0 Å². The molecule has 4 rings (SSSR count). The van der Waals surface area contributed by atoms with Gasteiger partial charge in [-0.05, 0) is 68.8 Å². The lowest BCUT2D eigenvalue weighted by atomic mass is 9.85. The van der Waals surface area contributed by atoms with Crippen LogP contribution in [0.2, 0.25) is 0 Å². The molecule has 1 aromatic heterocycles. The second kappa shape index (κ2) is 7.34. The van der Waals surface area contributed by atoms with Gasteiger partial charge in [-0.3, -0.25) is 4.79 Å². The van der Waals surface area contributed by atoms with Gasteiger partial charge in [-0.2, -0.15) is 0 Å². The molecule has 3 aliphatic rings. The molecule has 1 heterocycles. The molecule has 26 heavy (non-hydrogen) atoms. The molecule has 1 aromatic rings. The average molecular weight is 376 g/mol. The van der Waals surface area contributed by atoms with Gasteiger partial charge in [0.25, 0.3) is 0 Å². The van der Waals surface area contributed by atoms with Crippen LogP contribution in [-0.4, -0.2) is 18.5 Å². The number of thiophene rings is 1. The Bertz CT molecular complexity index is 710. The first-order valence-corrected chi connectivity index (χ1v) is 11.0. The van der Waals surface area contributed by atoms with Gasteiger partial charge in [0.1, 0.15) is 5.00 Å². The van der Waals surface area contributed by atoms with E-state index >= 15 is 0 Å². The number of carbonyl (C=O) groups excluding carboxylic acids is 2. The highest BCUT2D eigenvalue weighted by Gasteiger charge is 2.43. The number of nitrogens with one attached hydrogen (secondary N) is 1. The quantitative estimate of drug-likeness (QED) is 0.751. The van der Waals surface area contributed by atoms with Crippen molar-refractivity contribution in [3.8, 4) is 0 Å². The smallest absolute Gasteiger partial charge is 0.341 e. The van der Waals surface area contributed by atoms with Gasteiger partial charge in [0, 0.05) is 10.8 Å². The summed E-state index contributed by atoms with van der Waals surface area (Å²) in [7, 11) is 0. The minimum atomic E-state index is -0.275. The van der Waals surface area contributed by atoms with Crippen LogP contribution in [0, 0.1) is 23.7 Å². The Hall–Kier alpha value is -1.36. The Morgan fingerprint density at radius 3 is 2.69 bits per heavy atom. The third-order valence-corrected chi connectivity index (χ3v) is 7.91. The molecule has 4 atom stereocenters. The van der Waals surface area contributed by atoms with Gasteiger partial charge in [0.05, 0.1) is 12.2 Å². The van der Waals surface area contributed by atoms with Crippen molar-refractivity contribution in [1.82, 2.24) is 0 Å². The predicted octanol–water partition coefficient (Wildman–Crippen LogP) is 4.81. The lowest BCUT2D eigenvalue weighted by Gasteiger charge is -2.21. The molecule has 0 unspecified atom stereocenters. The third kappa shape index (κ3) is 3.19.